The van der Waals surface area contributed by atoms with Crippen LogP contribution in [-0.4, -0.2) is 24.5 Å². The number of ether oxygens (including phenoxy) is 2. The number of hydrogen-bond donors (Lipinski definition) is 0. The summed E-state index contributed by atoms with van der Waals surface area (Å²) < 4.78 is 11.5. The predicted molar refractivity (Wildman–Crippen MR) is 110 cm³/mol. The average molecular weight is 395 g/mol. The van der Waals surface area contributed by atoms with Gasteiger partial charge in [0.15, 0.2) is 0 Å². The van der Waals surface area contributed by atoms with Gasteiger partial charge >= 0.3 is 5.97 Å². The summed E-state index contributed by atoms with van der Waals surface area (Å²) in [6.45, 7) is 5.41. The number of benzene rings is 1. The lowest BCUT2D eigenvalue weighted by Gasteiger charge is -2.56. The van der Waals surface area contributed by atoms with Crippen molar-refractivity contribution in [2.45, 2.75) is 64.4 Å². The van der Waals surface area contributed by atoms with Crippen LogP contribution in [-0.2, 0) is 20.7 Å². The highest BCUT2D eigenvalue weighted by atomic mass is 16.6. The van der Waals surface area contributed by atoms with Crippen LogP contribution >= 0.6 is 0 Å². The number of methoxy groups -OCH3 is 1. The van der Waals surface area contributed by atoms with E-state index < -0.39 is 5.60 Å². The van der Waals surface area contributed by atoms with Crippen molar-refractivity contribution < 1.29 is 19.1 Å². The first-order chi connectivity index (χ1) is 13.8. The molecule has 4 heteroatoms. The van der Waals surface area contributed by atoms with Crippen LogP contribution in [0.3, 0.4) is 0 Å². The maximum Gasteiger partial charge on any atom is 0.303 e. The van der Waals surface area contributed by atoms with Gasteiger partial charge in [-0.05, 0) is 80.2 Å². The highest BCUT2D eigenvalue weighted by Gasteiger charge is 2.77. The van der Waals surface area contributed by atoms with Gasteiger partial charge < -0.3 is 9.47 Å². The summed E-state index contributed by atoms with van der Waals surface area (Å²) in [6.07, 6.45) is 9.39. The average Bonchev–Trinajstić information content (AvgIpc) is 3.07. The smallest absolute Gasteiger partial charge is 0.303 e. The molecule has 0 aliphatic heterocycles. The molecular weight excluding hydrogens is 364 g/mol. The van der Waals surface area contributed by atoms with Crippen LogP contribution in [0.25, 0.3) is 0 Å². The quantitative estimate of drug-likeness (QED) is 0.555. The molecule has 0 saturated heterocycles. The molecule has 0 radical (unpaired) electrons. The lowest BCUT2D eigenvalue weighted by Crippen LogP contribution is -2.55. The number of allylic oxidation sites excluding steroid dienone is 1. The van der Waals surface area contributed by atoms with Gasteiger partial charge in [-0.2, -0.15) is 0 Å². The Kier molecular flexibility index (Phi) is 3.89. The number of fused-ring (bicyclic) bond motifs is 3. The molecule has 154 valence electrons. The van der Waals surface area contributed by atoms with E-state index in [9.17, 15) is 9.59 Å². The van der Waals surface area contributed by atoms with Gasteiger partial charge in [0, 0.05) is 17.8 Å². The third kappa shape index (κ3) is 2.15. The summed E-state index contributed by atoms with van der Waals surface area (Å²) in [4.78, 5) is 24.8. The minimum atomic E-state index is -0.782. The second kappa shape index (κ2) is 5.96. The number of rotatable bonds is 3. The van der Waals surface area contributed by atoms with E-state index in [2.05, 4.69) is 37.3 Å². The fourth-order valence-electron chi connectivity index (χ4n) is 7.73. The van der Waals surface area contributed by atoms with Crippen LogP contribution in [0.1, 0.15) is 63.5 Å². The van der Waals surface area contributed by atoms with Crippen molar-refractivity contribution >= 4 is 11.8 Å². The van der Waals surface area contributed by atoms with Crippen molar-refractivity contribution in [2.75, 3.05) is 7.11 Å². The third-order valence-electron chi connectivity index (χ3n) is 8.96. The summed E-state index contributed by atoms with van der Waals surface area (Å²) in [7, 11) is 1.72. The van der Waals surface area contributed by atoms with Crippen molar-refractivity contribution in [2.24, 2.45) is 22.7 Å². The third-order valence-corrected chi connectivity index (χ3v) is 8.96. The van der Waals surface area contributed by atoms with Crippen molar-refractivity contribution in [3.63, 3.8) is 0 Å². The molecule has 0 spiro atoms. The Labute approximate surface area is 172 Å². The Balaban J connectivity index is 1.61. The zero-order valence-corrected chi connectivity index (χ0v) is 17.8. The second-order valence-electron chi connectivity index (χ2n) is 9.81. The molecule has 0 amide bonds. The van der Waals surface area contributed by atoms with Gasteiger partial charge in [0.1, 0.15) is 17.1 Å². The molecule has 1 aromatic carbocycles. The zero-order valence-electron chi connectivity index (χ0n) is 17.8. The fraction of sp³-hybridized carbons (Fsp3) is 0.600. The van der Waals surface area contributed by atoms with Crippen molar-refractivity contribution in [1.82, 2.24) is 0 Å². The minimum absolute atomic E-state index is 0.0840. The molecule has 2 fully saturated rings. The lowest BCUT2D eigenvalue weighted by atomic mass is 9.48. The zero-order chi connectivity index (χ0) is 20.6. The van der Waals surface area contributed by atoms with Crippen LogP contribution < -0.4 is 4.74 Å². The largest absolute Gasteiger partial charge is 0.497 e. The first kappa shape index (κ1) is 18.9. The molecule has 0 unspecified atom stereocenters. The highest BCUT2D eigenvalue weighted by molar-refractivity contribution is 5.83. The molecule has 0 N–H and O–H groups in total. The first-order valence-corrected chi connectivity index (χ1v) is 10.9. The molecule has 0 aromatic heterocycles. The Morgan fingerprint density at radius 3 is 2.62 bits per heavy atom. The van der Waals surface area contributed by atoms with E-state index in [0.717, 1.165) is 37.9 Å². The molecule has 1 aromatic rings. The normalized spacial score (nSPS) is 41.3. The van der Waals surface area contributed by atoms with Crippen LogP contribution in [0.4, 0.5) is 0 Å². The van der Waals surface area contributed by atoms with Gasteiger partial charge in [-0.3, -0.25) is 9.59 Å². The maximum absolute atomic E-state index is 12.7. The summed E-state index contributed by atoms with van der Waals surface area (Å²) in [6, 6.07) is 6.52. The topological polar surface area (TPSA) is 52.6 Å². The van der Waals surface area contributed by atoms with E-state index in [1.165, 1.54) is 18.1 Å². The van der Waals surface area contributed by atoms with Crippen molar-refractivity contribution in [3.8, 4) is 5.75 Å². The summed E-state index contributed by atoms with van der Waals surface area (Å²) in [5.41, 5.74) is 1.77. The molecule has 4 aliphatic carbocycles. The molecule has 4 aliphatic rings. The highest BCUT2D eigenvalue weighted by Crippen LogP contribution is 2.77. The van der Waals surface area contributed by atoms with Crippen LogP contribution in [0, 0.1) is 22.7 Å². The lowest BCUT2D eigenvalue weighted by molar-refractivity contribution is -0.174. The van der Waals surface area contributed by atoms with E-state index in [1.54, 1.807) is 14.0 Å². The molecule has 4 nitrogen and oxygen atoms in total. The Morgan fingerprint density at radius 2 is 1.93 bits per heavy atom. The molecular formula is C25H30O4. The van der Waals surface area contributed by atoms with Crippen LogP contribution in [0.5, 0.6) is 5.75 Å². The van der Waals surface area contributed by atoms with Gasteiger partial charge in [-0.25, -0.2) is 0 Å². The molecule has 6 atom stereocenters. The Hall–Kier alpha value is -2.10. The van der Waals surface area contributed by atoms with E-state index in [4.69, 9.17) is 9.47 Å². The van der Waals surface area contributed by atoms with Crippen LogP contribution in [0.15, 0.2) is 30.4 Å². The number of carbonyl (C=O) groups is 2. The van der Waals surface area contributed by atoms with Gasteiger partial charge in [-0.1, -0.05) is 19.1 Å². The molecule has 0 heterocycles. The Bertz CT molecular complexity index is 933. The van der Waals surface area contributed by atoms with E-state index in [0.29, 0.717) is 11.8 Å². The van der Waals surface area contributed by atoms with Gasteiger partial charge in [-0.15, -0.1) is 0 Å². The maximum atomic E-state index is 12.7. The number of Topliss-reactive ketones (excluding diaryl/α,β-unsaturated/α-hetero) is 1. The SMILES string of the molecule is COc1ccc2c(c1)CC[C@@H]1[C@@H]2CC[C@@]2(C)[C@]13C=C[C@@]2(OC(C)=O)[C@H](C(C)=O)C3. The predicted octanol–water partition coefficient (Wildman–Crippen LogP) is 4.61. The van der Waals surface area contributed by atoms with Crippen LogP contribution in [0.2, 0.25) is 0 Å². The minimum Gasteiger partial charge on any atom is -0.497 e. The summed E-state index contributed by atoms with van der Waals surface area (Å²) in [5, 5.41) is 0. The summed E-state index contributed by atoms with van der Waals surface area (Å²) in [5.74, 6) is 1.50. The van der Waals surface area contributed by atoms with Crippen molar-refractivity contribution in [3.05, 3.63) is 41.5 Å². The number of aryl methyl sites for hydroxylation is 1. The number of ketones is 1. The molecule has 2 saturated carbocycles. The summed E-state index contributed by atoms with van der Waals surface area (Å²) >= 11 is 0. The van der Waals surface area contributed by atoms with E-state index in [1.807, 2.05) is 0 Å². The van der Waals surface area contributed by atoms with E-state index in [-0.39, 0.29) is 28.5 Å². The monoisotopic (exact) mass is 394 g/mol. The molecule has 5 rings (SSSR count). The number of esters is 1. The van der Waals surface area contributed by atoms with Gasteiger partial charge in [0.25, 0.3) is 0 Å². The standard InChI is InChI=1S/C25H30O4/c1-15(26)22-14-24-11-12-25(22,29-16(2)27)23(24,3)10-9-20-19-7-6-18(28-4)13-17(19)5-8-21(20)24/h6-7,11-13,20-22H,5,8-10,14H2,1-4H3/t20-,21-,22+,23+,24+,25-/m1/s1. The number of hydrogen-bond acceptors (Lipinski definition) is 4. The van der Waals surface area contributed by atoms with Gasteiger partial charge in [0.05, 0.1) is 13.0 Å². The molecule has 2 bridgehead atoms. The number of carbonyl (C=O) groups excluding carboxylic acids is 2. The Morgan fingerprint density at radius 1 is 1.14 bits per heavy atom. The van der Waals surface area contributed by atoms with E-state index >= 15 is 0 Å². The second-order valence-corrected chi connectivity index (χ2v) is 9.81. The van der Waals surface area contributed by atoms with Crippen molar-refractivity contribution in [1.29, 1.82) is 0 Å². The fourth-order valence-corrected chi connectivity index (χ4v) is 7.73. The first-order valence-electron chi connectivity index (χ1n) is 10.9. The van der Waals surface area contributed by atoms with Gasteiger partial charge in [0.2, 0.25) is 0 Å². The molecule has 29 heavy (non-hydrogen) atoms.